The van der Waals surface area contributed by atoms with Crippen LogP contribution in [0, 0.1) is 10.1 Å². The van der Waals surface area contributed by atoms with Crippen molar-refractivity contribution in [3.05, 3.63) is 69.8 Å². The summed E-state index contributed by atoms with van der Waals surface area (Å²) in [5.74, 6) is -1.33. The minimum absolute atomic E-state index is 0.229. The van der Waals surface area contributed by atoms with Crippen LogP contribution in [0.5, 0.6) is 5.75 Å². The number of nitrogens with two attached hydrogens (primary N) is 1. The van der Waals surface area contributed by atoms with E-state index in [1.54, 1.807) is 30.3 Å². The van der Waals surface area contributed by atoms with Gasteiger partial charge in [0.15, 0.2) is 0 Å². The Hall–Kier alpha value is -3.42. The molecule has 0 spiro atoms. The van der Waals surface area contributed by atoms with Crippen molar-refractivity contribution in [2.75, 3.05) is 7.11 Å². The molecule has 0 heterocycles. The summed E-state index contributed by atoms with van der Waals surface area (Å²) in [6.07, 6.45) is 0. The third kappa shape index (κ3) is 3.57. The molecule has 25 heavy (non-hydrogen) atoms. The Morgan fingerprint density at radius 2 is 1.84 bits per heavy atom. The van der Waals surface area contributed by atoms with Crippen LogP contribution in [0.4, 0.5) is 5.69 Å². The first kappa shape index (κ1) is 17.9. The van der Waals surface area contributed by atoms with Crippen LogP contribution in [0.25, 0.3) is 0 Å². The first-order valence-electron chi connectivity index (χ1n) is 7.30. The fourth-order valence-electron chi connectivity index (χ4n) is 2.33. The number of carbonyl (C=O) groups is 2. The molecule has 130 valence electrons. The van der Waals surface area contributed by atoms with Crippen LogP contribution in [0.15, 0.2) is 48.5 Å². The molecule has 8 nitrogen and oxygen atoms in total. The van der Waals surface area contributed by atoms with E-state index in [9.17, 15) is 19.7 Å². The number of nitro benzene ring substituents is 1. The molecule has 2 amide bonds. The largest absolute Gasteiger partial charge is 0.497 e. The molecule has 1 atom stereocenters. The average molecular weight is 343 g/mol. The molecule has 0 aliphatic rings. The zero-order chi connectivity index (χ0) is 18.6. The van der Waals surface area contributed by atoms with Gasteiger partial charge in [0.1, 0.15) is 16.9 Å². The molecular formula is C17H17N3O5. The number of benzene rings is 2. The van der Waals surface area contributed by atoms with Crippen molar-refractivity contribution in [3.63, 3.8) is 0 Å². The molecule has 0 radical (unpaired) electrons. The van der Waals surface area contributed by atoms with E-state index in [4.69, 9.17) is 10.5 Å². The third-order valence-corrected chi connectivity index (χ3v) is 3.85. The number of primary amides is 1. The summed E-state index contributed by atoms with van der Waals surface area (Å²) in [7, 11) is 1.38. The summed E-state index contributed by atoms with van der Waals surface area (Å²) in [5, 5.41) is 13.7. The monoisotopic (exact) mass is 343 g/mol. The van der Waals surface area contributed by atoms with E-state index in [1.165, 1.54) is 26.2 Å². The molecule has 0 fully saturated rings. The maximum atomic E-state index is 12.7. The van der Waals surface area contributed by atoms with Gasteiger partial charge in [-0.3, -0.25) is 19.7 Å². The Balaban J connectivity index is 2.47. The summed E-state index contributed by atoms with van der Waals surface area (Å²) in [6.45, 7) is 1.44. The van der Waals surface area contributed by atoms with Gasteiger partial charge < -0.3 is 15.8 Å². The van der Waals surface area contributed by atoms with Crippen LogP contribution < -0.4 is 15.8 Å². The van der Waals surface area contributed by atoms with Crippen molar-refractivity contribution in [2.24, 2.45) is 5.73 Å². The number of hydrogen-bond acceptors (Lipinski definition) is 5. The number of nitrogens with one attached hydrogen (secondary N) is 1. The highest BCUT2D eigenvalue weighted by atomic mass is 16.6. The molecule has 0 saturated heterocycles. The first-order valence-corrected chi connectivity index (χ1v) is 7.30. The Morgan fingerprint density at radius 3 is 2.36 bits per heavy atom. The van der Waals surface area contributed by atoms with Crippen LogP contribution in [-0.4, -0.2) is 23.8 Å². The van der Waals surface area contributed by atoms with Crippen molar-refractivity contribution in [1.82, 2.24) is 5.32 Å². The Morgan fingerprint density at radius 1 is 1.20 bits per heavy atom. The minimum atomic E-state index is -1.53. The number of carbonyl (C=O) groups excluding carboxylic acids is 2. The maximum absolute atomic E-state index is 12.7. The van der Waals surface area contributed by atoms with Gasteiger partial charge in [0.25, 0.3) is 11.6 Å². The number of hydrogen-bond donors (Lipinski definition) is 2. The average Bonchev–Trinajstić information content (AvgIpc) is 2.61. The fourth-order valence-corrected chi connectivity index (χ4v) is 2.33. The van der Waals surface area contributed by atoms with Crippen LogP contribution in [0.2, 0.25) is 0 Å². The summed E-state index contributed by atoms with van der Waals surface area (Å²) in [6, 6.07) is 12.2. The number of rotatable bonds is 6. The summed E-state index contributed by atoms with van der Waals surface area (Å²) in [5.41, 5.74) is 3.76. The lowest BCUT2D eigenvalue weighted by molar-refractivity contribution is -0.385. The standard InChI is InChI=1S/C17H17N3O5/c1-17(16(18)22,11-6-4-3-5-7-11)19-15(21)13-10-12(25-2)8-9-14(13)20(23)24/h3-10H,1-2H3,(H2,18,22)(H,19,21)/t17-/m1/s1. The lowest BCUT2D eigenvalue weighted by Gasteiger charge is -2.28. The zero-order valence-electron chi connectivity index (χ0n) is 13.7. The van der Waals surface area contributed by atoms with Gasteiger partial charge in [-0.2, -0.15) is 0 Å². The molecule has 0 aliphatic heterocycles. The Labute approximate surface area is 143 Å². The van der Waals surface area contributed by atoms with E-state index in [2.05, 4.69) is 5.32 Å². The minimum Gasteiger partial charge on any atom is -0.497 e. The van der Waals surface area contributed by atoms with Gasteiger partial charge >= 0.3 is 0 Å². The van der Waals surface area contributed by atoms with E-state index in [0.717, 1.165) is 6.07 Å². The molecular weight excluding hydrogens is 326 g/mol. The second-order valence-corrected chi connectivity index (χ2v) is 5.45. The molecule has 2 aromatic rings. The van der Waals surface area contributed by atoms with Crippen LogP contribution >= 0.6 is 0 Å². The van der Waals surface area contributed by atoms with Crippen molar-refractivity contribution in [2.45, 2.75) is 12.5 Å². The van der Waals surface area contributed by atoms with Gasteiger partial charge in [0, 0.05) is 6.07 Å². The zero-order valence-corrected chi connectivity index (χ0v) is 13.7. The predicted octanol–water partition coefficient (Wildman–Crippen LogP) is 1.73. The lowest BCUT2D eigenvalue weighted by atomic mass is 9.90. The SMILES string of the molecule is COc1ccc([N+](=O)[O-])c(C(=O)N[C@@](C)(C(N)=O)c2ccccc2)c1. The van der Waals surface area contributed by atoms with Gasteiger partial charge in [0.2, 0.25) is 5.91 Å². The van der Waals surface area contributed by atoms with Crippen LogP contribution in [0.3, 0.4) is 0 Å². The Kier molecular flexibility index (Phi) is 5.02. The van der Waals surface area contributed by atoms with E-state index < -0.39 is 28.0 Å². The third-order valence-electron chi connectivity index (χ3n) is 3.85. The van der Waals surface area contributed by atoms with Gasteiger partial charge in [-0.05, 0) is 24.6 Å². The van der Waals surface area contributed by atoms with E-state index in [-0.39, 0.29) is 11.3 Å². The molecule has 2 rings (SSSR count). The van der Waals surface area contributed by atoms with E-state index >= 15 is 0 Å². The van der Waals surface area contributed by atoms with Gasteiger partial charge in [-0.25, -0.2) is 0 Å². The number of nitrogens with zero attached hydrogens (tertiary/aromatic N) is 1. The smallest absolute Gasteiger partial charge is 0.282 e. The molecule has 0 aliphatic carbocycles. The summed E-state index contributed by atoms with van der Waals surface area (Å²) < 4.78 is 5.01. The van der Waals surface area contributed by atoms with E-state index in [0.29, 0.717) is 5.56 Å². The Bertz CT molecular complexity index is 822. The summed E-state index contributed by atoms with van der Waals surface area (Å²) >= 11 is 0. The van der Waals surface area contributed by atoms with Gasteiger partial charge in [-0.1, -0.05) is 30.3 Å². The molecule has 8 heteroatoms. The highest BCUT2D eigenvalue weighted by Gasteiger charge is 2.36. The number of methoxy groups -OCH3 is 1. The molecule has 3 N–H and O–H groups in total. The number of nitro groups is 1. The molecule has 0 unspecified atom stereocenters. The topological polar surface area (TPSA) is 125 Å². The van der Waals surface area contributed by atoms with Crippen LogP contribution in [-0.2, 0) is 10.3 Å². The highest BCUT2D eigenvalue weighted by Crippen LogP contribution is 2.26. The lowest BCUT2D eigenvalue weighted by Crippen LogP contribution is -2.52. The van der Waals surface area contributed by atoms with Crippen molar-refractivity contribution in [1.29, 1.82) is 0 Å². The molecule has 0 saturated carbocycles. The van der Waals surface area contributed by atoms with Crippen molar-refractivity contribution < 1.29 is 19.2 Å². The molecule has 0 aromatic heterocycles. The number of ether oxygens (including phenoxy) is 1. The predicted molar refractivity (Wildman–Crippen MR) is 90.1 cm³/mol. The van der Waals surface area contributed by atoms with Crippen molar-refractivity contribution in [3.8, 4) is 5.75 Å². The van der Waals surface area contributed by atoms with Gasteiger partial charge in [-0.15, -0.1) is 0 Å². The van der Waals surface area contributed by atoms with E-state index in [1.807, 2.05) is 0 Å². The molecule has 2 aromatic carbocycles. The molecule has 0 bridgehead atoms. The quantitative estimate of drug-likeness (QED) is 0.610. The normalized spacial score (nSPS) is 12.7. The summed E-state index contributed by atoms with van der Waals surface area (Å²) in [4.78, 5) is 35.1. The number of amides is 2. The maximum Gasteiger partial charge on any atom is 0.282 e. The highest BCUT2D eigenvalue weighted by molar-refractivity contribution is 6.02. The first-order chi connectivity index (χ1) is 11.8. The second kappa shape index (κ2) is 7.00. The van der Waals surface area contributed by atoms with Crippen molar-refractivity contribution >= 4 is 17.5 Å². The second-order valence-electron chi connectivity index (χ2n) is 5.45. The fraction of sp³-hybridized carbons (Fsp3) is 0.176. The van der Waals surface area contributed by atoms with Gasteiger partial charge in [0.05, 0.1) is 12.0 Å². The van der Waals surface area contributed by atoms with Crippen LogP contribution in [0.1, 0.15) is 22.8 Å².